The van der Waals surface area contributed by atoms with Gasteiger partial charge in [-0.2, -0.15) is 0 Å². The first-order valence-electron chi connectivity index (χ1n) is 8.16. The van der Waals surface area contributed by atoms with Gasteiger partial charge in [-0.25, -0.2) is 9.97 Å². The number of methoxy groups -OCH3 is 1. The largest absolute Gasteiger partial charge is 0.381 e. The van der Waals surface area contributed by atoms with Gasteiger partial charge in [0.1, 0.15) is 17.5 Å². The minimum Gasteiger partial charge on any atom is -0.381 e. The molecule has 1 N–H and O–H groups in total. The summed E-state index contributed by atoms with van der Waals surface area (Å²) in [5.74, 6) is 2.96. The number of aryl methyl sites for hydroxylation is 1. The highest BCUT2D eigenvalue weighted by atomic mass is 16.5. The van der Waals surface area contributed by atoms with Crippen molar-refractivity contribution in [3.63, 3.8) is 0 Å². The Morgan fingerprint density at radius 2 is 2.00 bits per heavy atom. The zero-order valence-corrected chi connectivity index (χ0v) is 13.6. The average molecular weight is 292 g/mol. The molecular weight excluding hydrogens is 264 g/mol. The number of rotatable bonds is 7. The van der Waals surface area contributed by atoms with Crippen LogP contribution in [0, 0.1) is 0 Å². The van der Waals surface area contributed by atoms with Gasteiger partial charge in [0, 0.05) is 39.2 Å². The van der Waals surface area contributed by atoms with Crippen molar-refractivity contribution in [3.05, 3.63) is 11.9 Å². The van der Waals surface area contributed by atoms with E-state index in [-0.39, 0.29) is 0 Å². The van der Waals surface area contributed by atoms with E-state index in [0.717, 1.165) is 69.2 Å². The molecule has 2 heterocycles. The molecule has 0 bridgehead atoms. The fourth-order valence-electron chi connectivity index (χ4n) is 2.64. The minimum absolute atomic E-state index is 0.399. The fourth-order valence-corrected chi connectivity index (χ4v) is 2.64. The van der Waals surface area contributed by atoms with Crippen LogP contribution in [0.3, 0.4) is 0 Å². The molecule has 0 amide bonds. The zero-order chi connectivity index (χ0) is 15.1. The molecule has 1 saturated heterocycles. The molecule has 1 aromatic heterocycles. The standard InChI is InChI=1S/C16H28N4O/c1-4-6-14-18-15(17-9-5-2)12-16(19-14)20-10-7-13(21-3)8-11-20/h12-13H,4-11H2,1-3H3,(H,17,18,19). The van der Waals surface area contributed by atoms with Gasteiger partial charge in [0.15, 0.2) is 0 Å². The van der Waals surface area contributed by atoms with Crippen LogP contribution in [0.1, 0.15) is 45.4 Å². The number of nitrogens with one attached hydrogen (secondary N) is 1. The van der Waals surface area contributed by atoms with E-state index >= 15 is 0 Å². The van der Waals surface area contributed by atoms with Crippen molar-refractivity contribution >= 4 is 11.6 Å². The summed E-state index contributed by atoms with van der Waals surface area (Å²) in [6.07, 6.45) is 5.64. The number of nitrogens with zero attached hydrogens (tertiary/aromatic N) is 3. The van der Waals surface area contributed by atoms with Crippen LogP contribution < -0.4 is 10.2 Å². The first-order valence-corrected chi connectivity index (χ1v) is 8.16. The van der Waals surface area contributed by atoms with Crippen LogP contribution in [0.4, 0.5) is 11.6 Å². The van der Waals surface area contributed by atoms with E-state index in [1.54, 1.807) is 7.11 Å². The first-order chi connectivity index (χ1) is 10.3. The lowest BCUT2D eigenvalue weighted by Gasteiger charge is -2.32. The second-order valence-electron chi connectivity index (χ2n) is 5.63. The van der Waals surface area contributed by atoms with Crippen LogP contribution in [0.15, 0.2) is 6.07 Å². The second-order valence-corrected chi connectivity index (χ2v) is 5.63. The lowest BCUT2D eigenvalue weighted by Crippen LogP contribution is -2.37. The Bertz CT molecular complexity index is 430. The molecule has 0 unspecified atom stereocenters. The van der Waals surface area contributed by atoms with E-state index < -0.39 is 0 Å². The van der Waals surface area contributed by atoms with E-state index in [2.05, 4.69) is 35.1 Å². The quantitative estimate of drug-likeness (QED) is 0.837. The van der Waals surface area contributed by atoms with Crippen LogP contribution in [-0.4, -0.2) is 42.8 Å². The topological polar surface area (TPSA) is 50.3 Å². The molecule has 1 aromatic rings. The van der Waals surface area contributed by atoms with Crippen molar-refractivity contribution in [2.45, 2.75) is 52.1 Å². The van der Waals surface area contributed by atoms with Gasteiger partial charge in [-0.15, -0.1) is 0 Å². The maximum absolute atomic E-state index is 5.44. The third-order valence-corrected chi connectivity index (χ3v) is 3.89. The summed E-state index contributed by atoms with van der Waals surface area (Å²) in [4.78, 5) is 11.7. The molecule has 1 aliphatic rings. The second kappa shape index (κ2) is 8.17. The predicted molar refractivity (Wildman–Crippen MR) is 87.1 cm³/mol. The van der Waals surface area contributed by atoms with Gasteiger partial charge in [0.05, 0.1) is 6.10 Å². The molecule has 0 saturated carbocycles. The highest BCUT2D eigenvalue weighted by Crippen LogP contribution is 2.22. The summed E-state index contributed by atoms with van der Waals surface area (Å²) < 4.78 is 5.44. The maximum atomic E-state index is 5.44. The van der Waals surface area contributed by atoms with Crippen LogP contribution >= 0.6 is 0 Å². The smallest absolute Gasteiger partial charge is 0.134 e. The Morgan fingerprint density at radius 3 is 2.62 bits per heavy atom. The van der Waals surface area contributed by atoms with Crippen LogP contribution in [0.2, 0.25) is 0 Å². The maximum Gasteiger partial charge on any atom is 0.134 e. The van der Waals surface area contributed by atoms with Gasteiger partial charge in [-0.3, -0.25) is 0 Å². The SMILES string of the molecule is CCCNc1cc(N2CCC(OC)CC2)nc(CCC)n1. The highest BCUT2D eigenvalue weighted by molar-refractivity contribution is 5.49. The van der Waals surface area contributed by atoms with E-state index in [9.17, 15) is 0 Å². The number of hydrogen-bond donors (Lipinski definition) is 1. The van der Waals surface area contributed by atoms with Gasteiger partial charge in [0.2, 0.25) is 0 Å². The van der Waals surface area contributed by atoms with Crippen molar-refractivity contribution in [2.24, 2.45) is 0 Å². The van der Waals surface area contributed by atoms with Crippen molar-refractivity contribution in [1.82, 2.24) is 9.97 Å². The molecule has 2 rings (SSSR count). The lowest BCUT2D eigenvalue weighted by molar-refractivity contribution is 0.0818. The average Bonchev–Trinajstić information content (AvgIpc) is 2.53. The normalized spacial score (nSPS) is 16.2. The highest BCUT2D eigenvalue weighted by Gasteiger charge is 2.20. The van der Waals surface area contributed by atoms with Crippen LogP contribution in [0.5, 0.6) is 0 Å². The lowest BCUT2D eigenvalue weighted by atomic mass is 10.1. The molecule has 21 heavy (non-hydrogen) atoms. The first kappa shape index (κ1) is 16.0. The fraction of sp³-hybridized carbons (Fsp3) is 0.750. The molecule has 0 spiro atoms. The van der Waals surface area contributed by atoms with Gasteiger partial charge in [-0.05, 0) is 25.7 Å². The molecule has 0 aliphatic carbocycles. The molecule has 118 valence electrons. The summed E-state index contributed by atoms with van der Waals surface area (Å²) in [6, 6.07) is 2.09. The molecule has 0 radical (unpaired) electrons. The van der Waals surface area contributed by atoms with Gasteiger partial charge in [0.25, 0.3) is 0 Å². The third kappa shape index (κ3) is 4.56. The van der Waals surface area contributed by atoms with E-state index in [1.807, 2.05) is 0 Å². The summed E-state index contributed by atoms with van der Waals surface area (Å²) in [5.41, 5.74) is 0. The van der Waals surface area contributed by atoms with Gasteiger partial charge < -0.3 is 15.0 Å². The summed E-state index contributed by atoms with van der Waals surface area (Å²) in [6.45, 7) is 7.30. The molecule has 5 nitrogen and oxygen atoms in total. The Kier molecular flexibility index (Phi) is 6.23. The van der Waals surface area contributed by atoms with Gasteiger partial charge >= 0.3 is 0 Å². The summed E-state index contributed by atoms with van der Waals surface area (Å²) in [5, 5.41) is 3.39. The van der Waals surface area contributed by atoms with Crippen molar-refractivity contribution < 1.29 is 4.74 Å². The summed E-state index contributed by atoms with van der Waals surface area (Å²) in [7, 11) is 1.80. The van der Waals surface area contributed by atoms with E-state index in [1.165, 1.54) is 0 Å². The van der Waals surface area contributed by atoms with Crippen molar-refractivity contribution in [2.75, 3.05) is 37.0 Å². The number of hydrogen-bond acceptors (Lipinski definition) is 5. The van der Waals surface area contributed by atoms with Crippen molar-refractivity contribution in [3.8, 4) is 0 Å². The number of aromatic nitrogens is 2. The minimum atomic E-state index is 0.399. The van der Waals surface area contributed by atoms with E-state index in [0.29, 0.717) is 6.10 Å². The van der Waals surface area contributed by atoms with Crippen LogP contribution in [-0.2, 0) is 11.2 Å². The molecule has 0 aromatic carbocycles. The Labute approximate surface area is 128 Å². The monoisotopic (exact) mass is 292 g/mol. The van der Waals surface area contributed by atoms with Gasteiger partial charge in [-0.1, -0.05) is 13.8 Å². The Balaban J connectivity index is 2.11. The zero-order valence-electron chi connectivity index (χ0n) is 13.6. The molecule has 1 fully saturated rings. The van der Waals surface area contributed by atoms with Crippen LogP contribution in [0.25, 0.3) is 0 Å². The Morgan fingerprint density at radius 1 is 1.24 bits per heavy atom. The molecule has 5 heteroatoms. The number of anilines is 2. The number of piperidine rings is 1. The predicted octanol–water partition coefficient (Wildman–Crippen LogP) is 2.87. The Hall–Kier alpha value is -1.36. The van der Waals surface area contributed by atoms with E-state index in [4.69, 9.17) is 9.72 Å². The molecular formula is C16H28N4O. The summed E-state index contributed by atoms with van der Waals surface area (Å²) >= 11 is 0. The molecule has 0 atom stereocenters. The molecule has 1 aliphatic heterocycles. The third-order valence-electron chi connectivity index (χ3n) is 3.89. The van der Waals surface area contributed by atoms with Crippen molar-refractivity contribution in [1.29, 1.82) is 0 Å². The number of ether oxygens (including phenoxy) is 1.